The van der Waals surface area contributed by atoms with Crippen LogP contribution < -0.4 is 10.6 Å². The van der Waals surface area contributed by atoms with Gasteiger partial charge in [-0.25, -0.2) is 4.39 Å². The molecule has 1 aromatic carbocycles. The number of benzene rings is 1. The van der Waals surface area contributed by atoms with Crippen molar-refractivity contribution in [2.24, 2.45) is 0 Å². The highest BCUT2D eigenvalue weighted by Gasteiger charge is 2.21. The lowest BCUT2D eigenvalue weighted by molar-refractivity contribution is 0.0730. The van der Waals surface area contributed by atoms with Crippen molar-refractivity contribution in [3.05, 3.63) is 88.1 Å². The van der Waals surface area contributed by atoms with Gasteiger partial charge >= 0.3 is 0 Å². The molecule has 2 aliphatic rings. The summed E-state index contributed by atoms with van der Waals surface area (Å²) >= 11 is 0. The van der Waals surface area contributed by atoms with Gasteiger partial charge in [-0.05, 0) is 85.9 Å². The fourth-order valence-corrected chi connectivity index (χ4v) is 5.05. The molecule has 1 N–H and O–H groups in total. The van der Waals surface area contributed by atoms with Crippen LogP contribution in [-0.2, 0) is 6.54 Å². The standard InChI is InChI=1S/C28H31FN4O/c29-25-9-7-21(18-24(25)22-8-10-26-23(19-22)11-13-31-26)20-33(17-5-16-32-14-3-4-15-32)28(34)27-6-1-2-12-30-27/h1-2,6-7,9-13,18-19,22,31H,3-5,8,14-17,20H2. The number of fused-ring (bicyclic) bond motifs is 1. The fraction of sp³-hybridized carbons (Fsp3) is 0.357. The lowest BCUT2D eigenvalue weighted by atomic mass is 9.90. The van der Waals surface area contributed by atoms with Crippen molar-refractivity contribution in [1.29, 1.82) is 0 Å². The van der Waals surface area contributed by atoms with Gasteiger partial charge in [-0.1, -0.05) is 30.4 Å². The number of carbonyl (C=O) groups is 1. The van der Waals surface area contributed by atoms with Crippen molar-refractivity contribution in [2.45, 2.75) is 38.1 Å². The van der Waals surface area contributed by atoms with Gasteiger partial charge in [0.15, 0.2) is 0 Å². The largest absolute Gasteiger partial charge is 0.361 e. The minimum atomic E-state index is -0.200. The van der Waals surface area contributed by atoms with Crippen molar-refractivity contribution in [1.82, 2.24) is 19.8 Å². The number of nitrogens with zero attached hydrogens (tertiary/aromatic N) is 3. The molecular weight excluding hydrogens is 427 g/mol. The summed E-state index contributed by atoms with van der Waals surface area (Å²) in [5.41, 5.74) is 2.07. The van der Waals surface area contributed by atoms with Crippen LogP contribution in [0.4, 0.5) is 4.39 Å². The average Bonchev–Trinajstić information content (AvgIpc) is 3.56. The van der Waals surface area contributed by atoms with Gasteiger partial charge in [0.2, 0.25) is 0 Å². The second-order valence-corrected chi connectivity index (χ2v) is 9.26. The lowest BCUT2D eigenvalue weighted by Crippen LogP contribution is -2.34. The molecule has 3 heterocycles. The van der Waals surface area contributed by atoms with Crippen LogP contribution in [0.1, 0.15) is 53.2 Å². The molecule has 1 unspecified atom stereocenters. The van der Waals surface area contributed by atoms with E-state index >= 15 is 0 Å². The van der Waals surface area contributed by atoms with Gasteiger partial charge in [-0.15, -0.1) is 0 Å². The minimum absolute atomic E-state index is 0.0154. The molecule has 0 bridgehead atoms. The zero-order valence-corrected chi connectivity index (χ0v) is 19.4. The van der Waals surface area contributed by atoms with E-state index in [0.717, 1.165) is 48.6 Å². The summed E-state index contributed by atoms with van der Waals surface area (Å²) in [5.74, 6) is -0.296. The van der Waals surface area contributed by atoms with Crippen LogP contribution in [0.25, 0.3) is 12.2 Å². The molecule has 1 saturated heterocycles. The summed E-state index contributed by atoms with van der Waals surface area (Å²) in [7, 11) is 0. The number of hydrogen-bond acceptors (Lipinski definition) is 3. The number of H-pyrrole nitrogens is 1. The van der Waals surface area contributed by atoms with Gasteiger partial charge in [-0.3, -0.25) is 9.78 Å². The summed E-state index contributed by atoms with van der Waals surface area (Å²) in [4.78, 5) is 25.1. The Labute approximate surface area is 199 Å². The molecule has 1 fully saturated rings. The maximum atomic E-state index is 14.9. The summed E-state index contributed by atoms with van der Waals surface area (Å²) in [6, 6.07) is 12.7. The van der Waals surface area contributed by atoms with Crippen LogP contribution in [0.2, 0.25) is 0 Å². The molecule has 0 spiro atoms. The summed E-state index contributed by atoms with van der Waals surface area (Å²) in [6.07, 6.45) is 12.0. The summed E-state index contributed by atoms with van der Waals surface area (Å²) < 4.78 is 14.9. The Hall–Kier alpha value is -3.25. The number of pyridine rings is 1. The van der Waals surface area contributed by atoms with Crippen LogP contribution in [0.5, 0.6) is 0 Å². The normalized spacial score (nSPS) is 17.6. The van der Waals surface area contributed by atoms with E-state index in [-0.39, 0.29) is 17.6 Å². The zero-order valence-electron chi connectivity index (χ0n) is 19.4. The molecule has 34 heavy (non-hydrogen) atoms. The van der Waals surface area contributed by atoms with E-state index in [1.807, 2.05) is 35.4 Å². The van der Waals surface area contributed by atoms with E-state index in [1.54, 1.807) is 24.4 Å². The molecular formula is C28H31FN4O. The van der Waals surface area contributed by atoms with E-state index < -0.39 is 0 Å². The van der Waals surface area contributed by atoms with Crippen molar-refractivity contribution in [3.8, 4) is 0 Å². The Morgan fingerprint density at radius 2 is 2.06 bits per heavy atom. The van der Waals surface area contributed by atoms with Crippen molar-refractivity contribution >= 4 is 18.1 Å². The number of rotatable bonds is 8. The van der Waals surface area contributed by atoms with Gasteiger partial charge in [0.05, 0.1) is 0 Å². The highest BCUT2D eigenvalue weighted by Crippen LogP contribution is 2.27. The topological polar surface area (TPSA) is 52.2 Å². The molecule has 1 aliphatic carbocycles. The second-order valence-electron chi connectivity index (χ2n) is 9.26. The van der Waals surface area contributed by atoms with E-state index in [9.17, 15) is 9.18 Å². The number of carbonyl (C=O) groups excluding carboxylic acids is 1. The summed E-state index contributed by atoms with van der Waals surface area (Å²) in [6.45, 7) is 4.37. The first kappa shape index (κ1) is 22.5. The molecule has 5 rings (SSSR count). The monoisotopic (exact) mass is 458 g/mol. The van der Waals surface area contributed by atoms with E-state index in [0.29, 0.717) is 24.3 Å². The van der Waals surface area contributed by atoms with Gasteiger partial charge < -0.3 is 14.8 Å². The number of amides is 1. The number of aromatic amines is 1. The molecule has 1 amide bonds. The number of halogens is 1. The van der Waals surface area contributed by atoms with Gasteiger partial charge in [0, 0.05) is 36.8 Å². The SMILES string of the molecule is O=C(c1ccccn1)N(CCCN1CCCC1)Cc1ccc(F)c(C2C=c3cc[nH]c3=CC2)c1. The smallest absolute Gasteiger partial charge is 0.272 e. The molecule has 176 valence electrons. The zero-order chi connectivity index (χ0) is 23.3. The minimum Gasteiger partial charge on any atom is -0.361 e. The first-order chi connectivity index (χ1) is 16.7. The number of nitrogens with one attached hydrogen (secondary N) is 1. The van der Waals surface area contributed by atoms with Crippen LogP contribution in [0.3, 0.4) is 0 Å². The number of hydrogen-bond donors (Lipinski definition) is 1. The van der Waals surface area contributed by atoms with Crippen LogP contribution in [0, 0.1) is 5.82 Å². The fourth-order valence-electron chi connectivity index (χ4n) is 5.05. The van der Waals surface area contributed by atoms with Gasteiger partial charge in [0.25, 0.3) is 5.91 Å². The summed E-state index contributed by atoms with van der Waals surface area (Å²) in [5, 5.41) is 2.20. The quantitative estimate of drug-likeness (QED) is 0.563. The molecule has 0 radical (unpaired) electrons. The molecule has 3 aromatic rings. The van der Waals surface area contributed by atoms with Crippen LogP contribution in [-0.4, -0.2) is 51.9 Å². The van der Waals surface area contributed by atoms with Crippen molar-refractivity contribution in [2.75, 3.05) is 26.2 Å². The lowest BCUT2D eigenvalue weighted by Gasteiger charge is -2.25. The third kappa shape index (κ3) is 5.12. The first-order valence-electron chi connectivity index (χ1n) is 12.2. The van der Waals surface area contributed by atoms with Crippen molar-refractivity contribution in [3.63, 3.8) is 0 Å². The van der Waals surface area contributed by atoms with Crippen molar-refractivity contribution < 1.29 is 9.18 Å². The maximum absolute atomic E-state index is 14.9. The van der Waals surface area contributed by atoms with E-state index in [1.165, 1.54) is 12.8 Å². The predicted octanol–water partition coefficient (Wildman–Crippen LogP) is 3.43. The Morgan fingerprint density at radius 3 is 2.88 bits per heavy atom. The van der Waals surface area contributed by atoms with Gasteiger partial charge in [-0.2, -0.15) is 0 Å². The average molecular weight is 459 g/mol. The molecule has 1 atom stereocenters. The van der Waals surface area contributed by atoms with Gasteiger partial charge in [0.1, 0.15) is 11.5 Å². The maximum Gasteiger partial charge on any atom is 0.272 e. The Morgan fingerprint density at radius 1 is 1.18 bits per heavy atom. The highest BCUT2D eigenvalue weighted by atomic mass is 19.1. The Balaban J connectivity index is 1.35. The third-order valence-electron chi connectivity index (χ3n) is 6.87. The molecule has 6 heteroatoms. The van der Waals surface area contributed by atoms with Crippen LogP contribution in [0.15, 0.2) is 54.9 Å². The Bertz CT molecular complexity index is 1250. The van der Waals surface area contributed by atoms with Crippen LogP contribution >= 0.6 is 0 Å². The third-order valence-corrected chi connectivity index (χ3v) is 6.87. The molecule has 5 nitrogen and oxygen atoms in total. The number of aromatic nitrogens is 2. The highest BCUT2D eigenvalue weighted by molar-refractivity contribution is 5.92. The molecule has 0 saturated carbocycles. The van der Waals surface area contributed by atoms with E-state index in [4.69, 9.17) is 0 Å². The second kappa shape index (κ2) is 10.3. The predicted molar refractivity (Wildman–Crippen MR) is 132 cm³/mol. The number of likely N-dealkylation sites (tertiary alicyclic amines) is 1. The van der Waals surface area contributed by atoms with E-state index in [2.05, 4.69) is 27.0 Å². The first-order valence-corrected chi connectivity index (χ1v) is 12.2. The Kier molecular flexibility index (Phi) is 6.86. The molecule has 2 aromatic heterocycles. The molecule has 1 aliphatic heterocycles.